The lowest BCUT2D eigenvalue weighted by Gasteiger charge is -2.23. The molecule has 0 radical (unpaired) electrons. The van der Waals surface area contributed by atoms with Gasteiger partial charge in [0.05, 0.1) is 6.61 Å². The fraction of sp³-hybridized carbons (Fsp3) is 0.148. The maximum Gasteiger partial charge on any atom is 0.346 e. The molecule has 6 heteroatoms. The third-order valence-corrected chi connectivity index (χ3v) is 3.70. The molecule has 33 heavy (non-hydrogen) atoms. The summed E-state index contributed by atoms with van der Waals surface area (Å²) in [5.74, 6) is 39.3. The highest BCUT2D eigenvalue weighted by atomic mass is 32.1. The summed E-state index contributed by atoms with van der Waals surface area (Å²) in [6.07, 6.45) is 6.78. The number of esters is 1. The first-order chi connectivity index (χ1) is 16.3. The average Bonchev–Trinajstić information content (AvgIpc) is 3.29. The zero-order chi connectivity index (χ0) is 23.4. The molecule has 1 unspecified atom stereocenters. The molecule has 0 N–H and O–H groups in total. The molecular weight excluding hydrogens is 436 g/mol. The first kappa shape index (κ1) is 24.0. The highest BCUT2D eigenvalue weighted by Crippen LogP contribution is 2.35. The number of ether oxygens (including phenoxy) is 4. The summed E-state index contributed by atoms with van der Waals surface area (Å²) in [5, 5.41) is 3.70. The van der Waals surface area contributed by atoms with Crippen LogP contribution >= 0.6 is 11.3 Å². The Morgan fingerprint density at radius 3 is 2.03 bits per heavy atom. The predicted molar refractivity (Wildman–Crippen MR) is 122 cm³/mol. The molecule has 0 fully saturated rings. The molecule has 1 aromatic rings. The molecule has 2 heterocycles. The van der Waals surface area contributed by atoms with E-state index in [9.17, 15) is 4.79 Å². The molecule has 0 saturated heterocycles. The molecule has 0 aromatic carbocycles. The number of terminal acetylenes is 1. The quantitative estimate of drug-likeness (QED) is 0.512. The molecule has 1 aliphatic rings. The van der Waals surface area contributed by atoms with Gasteiger partial charge in [-0.25, -0.2) is 4.79 Å². The molecule has 1 aliphatic heterocycles. The second kappa shape index (κ2) is 15.6. The summed E-state index contributed by atoms with van der Waals surface area (Å²) in [4.78, 5) is 11.5. The lowest BCUT2D eigenvalue weighted by atomic mass is 10.3. The fourth-order valence-corrected chi connectivity index (χ4v) is 2.47. The second-order valence-corrected chi connectivity index (χ2v) is 6.01. The molecule has 0 saturated carbocycles. The van der Waals surface area contributed by atoms with Crippen LogP contribution in [0.5, 0.6) is 11.5 Å². The molecule has 0 spiro atoms. The molecule has 1 atom stereocenters. The minimum atomic E-state index is -0.651. The van der Waals surface area contributed by atoms with E-state index in [1.54, 1.807) is 0 Å². The molecule has 0 bridgehead atoms. The number of thiophene rings is 1. The predicted octanol–water partition coefficient (Wildman–Crippen LogP) is 1.07. The van der Waals surface area contributed by atoms with Crippen molar-refractivity contribution in [2.45, 2.75) is 6.10 Å². The van der Waals surface area contributed by atoms with Crippen LogP contribution in [0.15, 0.2) is 10.8 Å². The Hall–Kier alpha value is -5.23. The van der Waals surface area contributed by atoms with E-state index in [4.69, 9.17) is 20.6 Å². The Kier molecular flexibility index (Phi) is 11.4. The Morgan fingerprint density at radius 2 is 1.42 bits per heavy atom. The van der Waals surface area contributed by atoms with E-state index in [1.165, 1.54) is 11.3 Å². The summed E-state index contributed by atoms with van der Waals surface area (Å²) in [5.41, 5.74) is 0. The van der Waals surface area contributed by atoms with Crippen molar-refractivity contribution in [1.82, 2.24) is 0 Å². The highest BCUT2D eigenvalue weighted by Gasteiger charge is 2.22. The summed E-state index contributed by atoms with van der Waals surface area (Å²) < 4.78 is 21.1. The molecule has 2 rings (SSSR count). The number of rotatable bonds is 4. The summed E-state index contributed by atoms with van der Waals surface area (Å²) in [6, 6.07) is 0. The van der Waals surface area contributed by atoms with E-state index < -0.39 is 5.97 Å². The van der Waals surface area contributed by atoms with E-state index in [1.807, 2.05) is 10.8 Å². The lowest BCUT2D eigenvalue weighted by Crippen LogP contribution is -2.33. The van der Waals surface area contributed by atoms with E-state index in [2.05, 4.69) is 106 Å². The molecule has 0 amide bonds. The Labute approximate surface area is 196 Å². The molecule has 0 aliphatic carbocycles. The van der Waals surface area contributed by atoms with Crippen LogP contribution in [0.2, 0.25) is 0 Å². The fourth-order valence-electron chi connectivity index (χ4n) is 1.80. The van der Waals surface area contributed by atoms with Gasteiger partial charge in [0.2, 0.25) is 0 Å². The van der Waals surface area contributed by atoms with Crippen molar-refractivity contribution < 1.29 is 23.7 Å². The van der Waals surface area contributed by atoms with Crippen LogP contribution in [0.1, 0.15) is 0 Å². The van der Waals surface area contributed by atoms with Gasteiger partial charge in [-0.1, -0.05) is 0 Å². The van der Waals surface area contributed by atoms with Gasteiger partial charge in [-0.2, -0.15) is 0 Å². The van der Waals surface area contributed by atoms with Crippen LogP contribution in [-0.2, 0) is 14.3 Å². The Bertz CT molecular complexity index is 1430. The van der Waals surface area contributed by atoms with Crippen LogP contribution < -0.4 is 9.47 Å². The molecular formula is C27H10O5S. The summed E-state index contributed by atoms with van der Waals surface area (Å²) in [7, 11) is 0. The monoisotopic (exact) mass is 446 g/mol. The van der Waals surface area contributed by atoms with Gasteiger partial charge in [0, 0.05) is 58.1 Å². The lowest BCUT2D eigenvalue weighted by molar-refractivity contribution is -0.143. The van der Waals surface area contributed by atoms with E-state index in [0.717, 1.165) is 0 Å². The van der Waals surface area contributed by atoms with Gasteiger partial charge in [-0.05, 0) is 47.4 Å². The Morgan fingerprint density at radius 1 is 0.879 bits per heavy atom. The van der Waals surface area contributed by atoms with Crippen molar-refractivity contribution in [2.75, 3.05) is 19.8 Å². The summed E-state index contributed by atoms with van der Waals surface area (Å²) in [6.45, 7) is 0.257. The van der Waals surface area contributed by atoms with Crippen LogP contribution in [0.25, 0.3) is 0 Å². The first-order valence-electron chi connectivity index (χ1n) is 8.88. The van der Waals surface area contributed by atoms with E-state index in [0.29, 0.717) is 18.1 Å². The normalized spacial score (nSPS) is 10.8. The third kappa shape index (κ3) is 10.9. The standard InChI is InChI=1S/C27H10O5S/c1-2-3-4-5-6-7-8-9-10-11-12-13-14-15-16-17-18-30-27(28)21-29-19-24-20-31-25-22-33-23-26(25)32-24/h1,22-24H,19-21H2. The maximum absolute atomic E-state index is 11.5. The smallest absolute Gasteiger partial charge is 0.346 e. The number of fused-ring (bicyclic) bond motifs is 1. The van der Waals surface area contributed by atoms with Gasteiger partial charge in [-0.3, -0.25) is 0 Å². The van der Waals surface area contributed by atoms with E-state index in [-0.39, 0.29) is 19.3 Å². The van der Waals surface area contributed by atoms with Crippen molar-refractivity contribution >= 4 is 17.3 Å². The van der Waals surface area contributed by atoms with Crippen LogP contribution in [0.3, 0.4) is 0 Å². The molecule has 5 nitrogen and oxygen atoms in total. The van der Waals surface area contributed by atoms with Gasteiger partial charge in [0.1, 0.15) is 19.3 Å². The first-order valence-corrected chi connectivity index (χ1v) is 9.82. The zero-order valence-corrected chi connectivity index (χ0v) is 17.7. The summed E-state index contributed by atoms with van der Waals surface area (Å²) >= 11 is 1.48. The van der Waals surface area contributed by atoms with Gasteiger partial charge >= 0.3 is 5.97 Å². The van der Waals surface area contributed by atoms with Crippen LogP contribution in [0, 0.1) is 107 Å². The number of hydrogen-bond donors (Lipinski definition) is 0. The second-order valence-electron chi connectivity index (χ2n) is 5.26. The van der Waals surface area contributed by atoms with E-state index >= 15 is 0 Å². The van der Waals surface area contributed by atoms with Crippen molar-refractivity contribution in [2.24, 2.45) is 0 Å². The topological polar surface area (TPSA) is 54.0 Å². The van der Waals surface area contributed by atoms with Crippen molar-refractivity contribution in [3.63, 3.8) is 0 Å². The van der Waals surface area contributed by atoms with Crippen LogP contribution in [-0.4, -0.2) is 31.9 Å². The largest absolute Gasteiger partial charge is 0.485 e. The van der Waals surface area contributed by atoms with Crippen molar-refractivity contribution in [3.05, 3.63) is 10.8 Å². The maximum atomic E-state index is 11.5. The van der Waals surface area contributed by atoms with Crippen LogP contribution in [0.4, 0.5) is 0 Å². The number of hydrogen-bond acceptors (Lipinski definition) is 6. The van der Waals surface area contributed by atoms with Crippen molar-refractivity contribution in [1.29, 1.82) is 0 Å². The molecule has 1 aromatic heterocycles. The molecule has 154 valence electrons. The van der Waals surface area contributed by atoms with Crippen molar-refractivity contribution in [3.8, 4) is 119 Å². The minimum absolute atomic E-state index is 0.182. The number of carbonyl (C=O) groups is 1. The zero-order valence-electron chi connectivity index (χ0n) is 16.9. The van der Waals surface area contributed by atoms with Gasteiger partial charge in [0.15, 0.2) is 17.6 Å². The third-order valence-electron chi connectivity index (χ3n) is 3.00. The van der Waals surface area contributed by atoms with Gasteiger partial charge in [-0.15, -0.1) is 17.8 Å². The Balaban J connectivity index is 1.61. The van der Waals surface area contributed by atoms with Gasteiger partial charge < -0.3 is 18.9 Å². The highest BCUT2D eigenvalue weighted by molar-refractivity contribution is 7.08. The minimum Gasteiger partial charge on any atom is -0.485 e. The number of carbonyl (C=O) groups excluding carboxylic acids is 1. The average molecular weight is 446 g/mol. The SMILES string of the molecule is C#CC#CC#CC#CC#CC#CC#CC#CC#COC(=O)COCC1COc2cscc2O1. The van der Waals surface area contributed by atoms with Gasteiger partial charge in [0.25, 0.3) is 0 Å².